The van der Waals surface area contributed by atoms with Gasteiger partial charge in [-0.3, -0.25) is 9.78 Å². The highest BCUT2D eigenvalue weighted by atomic mass is 16.1. The largest absolute Gasteiger partial charge is 0.352 e. The van der Waals surface area contributed by atoms with E-state index < -0.39 is 0 Å². The lowest BCUT2D eigenvalue weighted by atomic mass is 10.1. The fourth-order valence-corrected chi connectivity index (χ4v) is 1.47. The number of carbonyl (C=O) groups excluding carboxylic acids is 1. The lowest BCUT2D eigenvalue weighted by molar-refractivity contribution is -0.121. The Kier molecular flexibility index (Phi) is 5.78. The Morgan fingerprint density at radius 3 is 2.61 bits per heavy atom. The molecule has 0 aliphatic heterocycles. The summed E-state index contributed by atoms with van der Waals surface area (Å²) >= 11 is 0. The van der Waals surface area contributed by atoms with Gasteiger partial charge in [0.25, 0.3) is 0 Å². The standard InChI is InChI=1S/C14H23N3O/c1-10(2)11(3)17-14(18)9-16-12(4)13-6-5-7-15-8-13/h5-8,10-12,16H,9H2,1-4H3,(H,17,18). The molecule has 1 heterocycles. The van der Waals surface area contributed by atoms with Gasteiger partial charge in [0.05, 0.1) is 6.54 Å². The summed E-state index contributed by atoms with van der Waals surface area (Å²) in [5, 5.41) is 6.16. The molecule has 1 aromatic rings. The number of rotatable bonds is 6. The predicted octanol–water partition coefficient (Wildman–Crippen LogP) is 1.89. The summed E-state index contributed by atoms with van der Waals surface area (Å²) in [6, 6.07) is 4.22. The van der Waals surface area contributed by atoms with Gasteiger partial charge in [0.15, 0.2) is 0 Å². The minimum Gasteiger partial charge on any atom is -0.352 e. The molecule has 0 aliphatic rings. The number of hydrogen-bond acceptors (Lipinski definition) is 3. The van der Waals surface area contributed by atoms with Crippen LogP contribution in [0.2, 0.25) is 0 Å². The van der Waals surface area contributed by atoms with Crippen LogP contribution in [0, 0.1) is 5.92 Å². The Morgan fingerprint density at radius 2 is 2.06 bits per heavy atom. The van der Waals surface area contributed by atoms with Gasteiger partial charge < -0.3 is 10.6 Å². The molecule has 0 saturated heterocycles. The Bertz CT molecular complexity index is 365. The van der Waals surface area contributed by atoms with Gasteiger partial charge >= 0.3 is 0 Å². The van der Waals surface area contributed by atoms with E-state index in [1.807, 2.05) is 32.2 Å². The SMILES string of the molecule is CC(NCC(=O)NC(C)C(C)C)c1cccnc1. The van der Waals surface area contributed by atoms with E-state index in [0.717, 1.165) is 5.56 Å². The average molecular weight is 249 g/mol. The second kappa shape index (κ2) is 7.11. The molecule has 4 heteroatoms. The van der Waals surface area contributed by atoms with Crippen LogP contribution in [-0.2, 0) is 4.79 Å². The van der Waals surface area contributed by atoms with Gasteiger partial charge in [0.2, 0.25) is 5.91 Å². The normalized spacial score (nSPS) is 14.3. The minimum absolute atomic E-state index is 0.0342. The zero-order valence-corrected chi connectivity index (χ0v) is 11.6. The predicted molar refractivity (Wildman–Crippen MR) is 73.1 cm³/mol. The van der Waals surface area contributed by atoms with Crippen LogP contribution >= 0.6 is 0 Å². The molecule has 0 spiro atoms. The zero-order chi connectivity index (χ0) is 13.5. The molecular weight excluding hydrogens is 226 g/mol. The molecule has 0 bridgehead atoms. The molecule has 0 radical (unpaired) electrons. The van der Waals surface area contributed by atoms with Crippen molar-refractivity contribution in [1.82, 2.24) is 15.6 Å². The third-order valence-corrected chi connectivity index (χ3v) is 3.14. The molecule has 1 aromatic heterocycles. The number of nitrogens with zero attached hydrogens (tertiary/aromatic N) is 1. The molecule has 4 nitrogen and oxygen atoms in total. The highest BCUT2D eigenvalue weighted by molar-refractivity contribution is 5.78. The first-order chi connectivity index (χ1) is 8.50. The van der Waals surface area contributed by atoms with Gasteiger partial charge in [-0.2, -0.15) is 0 Å². The van der Waals surface area contributed by atoms with E-state index in [1.54, 1.807) is 6.20 Å². The number of hydrogen-bond donors (Lipinski definition) is 2. The van der Waals surface area contributed by atoms with Crippen LogP contribution in [0.15, 0.2) is 24.5 Å². The maximum Gasteiger partial charge on any atom is 0.234 e. The third kappa shape index (κ3) is 4.84. The summed E-state index contributed by atoms with van der Waals surface area (Å²) < 4.78 is 0. The molecule has 100 valence electrons. The van der Waals surface area contributed by atoms with Crippen molar-refractivity contribution >= 4 is 5.91 Å². The number of nitrogens with one attached hydrogen (secondary N) is 2. The fraction of sp³-hybridized carbons (Fsp3) is 0.571. The first-order valence-corrected chi connectivity index (χ1v) is 6.43. The van der Waals surface area contributed by atoms with Crippen molar-refractivity contribution in [2.75, 3.05) is 6.54 Å². The molecule has 2 atom stereocenters. The summed E-state index contributed by atoms with van der Waals surface area (Å²) in [4.78, 5) is 15.8. The monoisotopic (exact) mass is 249 g/mol. The topological polar surface area (TPSA) is 54.0 Å². The summed E-state index contributed by atoms with van der Waals surface area (Å²) in [5.41, 5.74) is 1.09. The van der Waals surface area contributed by atoms with Gasteiger partial charge in [-0.15, -0.1) is 0 Å². The number of pyridine rings is 1. The Hall–Kier alpha value is -1.42. The highest BCUT2D eigenvalue weighted by Crippen LogP contribution is 2.08. The molecule has 18 heavy (non-hydrogen) atoms. The van der Waals surface area contributed by atoms with E-state index in [4.69, 9.17) is 0 Å². The molecule has 2 N–H and O–H groups in total. The van der Waals surface area contributed by atoms with Gasteiger partial charge in [0, 0.05) is 24.5 Å². The number of amides is 1. The van der Waals surface area contributed by atoms with E-state index in [9.17, 15) is 4.79 Å². The van der Waals surface area contributed by atoms with Gasteiger partial charge in [-0.1, -0.05) is 19.9 Å². The number of aromatic nitrogens is 1. The smallest absolute Gasteiger partial charge is 0.234 e. The quantitative estimate of drug-likeness (QED) is 0.809. The van der Waals surface area contributed by atoms with Crippen LogP contribution in [-0.4, -0.2) is 23.5 Å². The summed E-state index contributed by atoms with van der Waals surface area (Å²) in [5.74, 6) is 0.483. The zero-order valence-electron chi connectivity index (χ0n) is 11.6. The van der Waals surface area contributed by atoms with Gasteiger partial charge in [-0.25, -0.2) is 0 Å². The highest BCUT2D eigenvalue weighted by Gasteiger charge is 2.12. The van der Waals surface area contributed by atoms with Gasteiger partial charge in [0.1, 0.15) is 0 Å². The molecule has 0 aromatic carbocycles. The van der Waals surface area contributed by atoms with Crippen molar-refractivity contribution in [3.63, 3.8) is 0 Å². The van der Waals surface area contributed by atoms with Crippen LogP contribution < -0.4 is 10.6 Å². The van der Waals surface area contributed by atoms with E-state index in [2.05, 4.69) is 29.5 Å². The molecule has 0 fully saturated rings. The minimum atomic E-state index is 0.0342. The van der Waals surface area contributed by atoms with Crippen molar-refractivity contribution in [1.29, 1.82) is 0 Å². The van der Waals surface area contributed by atoms with Crippen LogP contribution in [0.25, 0.3) is 0 Å². The molecule has 1 amide bonds. The Labute approximate surface area is 109 Å². The third-order valence-electron chi connectivity index (χ3n) is 3.14. The summed E-state index contributed by atoms with van der Waals surface area (Å²) in [6.07, 6.45) is 3.56. The van der Waals surface area contributed by atoms with E-state index in [-0.39, 0.29) is 18.0 Å². The van der Waals surface area contributed by atoms with Crippen LogP contribution in [0.1, 0.15) is 39.3 Å². The molecule has 2 unspecified atom stereocenters. The Balaban J connectivity index is 2.35. The van der Waals surface area contributed by atoms with E-state index in [1.165, 1.54) is 0 Å². The molecule has 0 saturated carbocycles. The van der Waals surface area contributed by atoms with Crippen molar-refractivity contribution in [3.8, 4) is 0 Å². The number of carbonyl (C=O) groups is 1. The van der Waals surface area contributed by atoms with Crippen molar-refractivity contribution in [3.05, 3.63) is 30.1 Å². The van der Waals surface area contributed by atoms with E-state index in [0.29, 0.717) is 12.5 Å². The van der Waals surface area contributed by atoms with Gasteiger partial charge in [-0.05, 0) is 31.4 Å². The lowest BCUT2D eigenvalue weighted by Gasteiger charge is -2.19. The maximum absolute atomic E-state index is 11.7. The van der Waals surface area contributed by atoms with Crippen LogP contribution in [0.3, 0.4) is 0 Å². The van der Waals surface area contributed by atoms with Crippen LogP contribution in [0.4, 0.5) is 0 Å². The van der Waals surface area contributed by atoms with E-state index >= 15 is 0 Å². The van der Waals surface area contributed by atoms with Crippen molar-refractivity contribution < 1.29 is 4.79 Å². The average Bonchev–Trinajstić information content (AvgIpc) is 2.36. The summed E-state index contributed by atoms with van der Waals surface area (Å²) in [7, 11) is 0. The second-order valence-electron chi connectivity index (χ2n) is 4.99. The first-order valence-electron chi connectivity index (χ1n) is 6.43. The summed E-state index contributed by atoms with van der Waals surface area (Å²) in [6.45, 7) is 8.56. The second-order valence-corrected chi connectivity index (χ2v) is 4.99. The molecular formula is C14H23N3O. The van der Waals surface area contributed by atoms with Crippen molar-refractivity contribution in [2.24, 2.45) is 5.92 Å². The van der Waals surface area contributed by atoms with Crippen LogP contribution in [0.5, 0.6) is 0 Å². The first kappa shape index (κ1) is 14.6. The maximum atomic E-state index is 11.7. The lowest BCUT2D eigenvalue weighted by Crippen LogP contribution is -2.41. The van der Waals surface area contributed by atoms with Crippen molar-refractivity contribution in [2.45, 2.75) is 39.8 Å². The fourth-order valence-electron chi connectivity index (χ4n) is 1.47. The Morgan fingerprint density at radius 1 is 1.33 bits per heavy atom. The molecule has 1 rings (SSSR count). The molecule has 0 aliphatic carbocycles.